The molecule has 0 bridgehead atoms. The van der Waals surface area contributed by atoms with E-state index in [2.05, 4.69) is 10.3 Å². The fraction of sp³-hybridized carbons (Fsp3) is 0.200. The molecule has 20 heavy (non-hydrogen) atoms. The highest BCUT2D eigenvalue weighted by molar-refractivity contribution is 5.37. The molecule has 1 N–H and O–H groups in total. The molecule has 0 aliphatic heterocycles. The van der Waals surface area contributed by atoms with Crippen LogP contribution < -0.4 is 10.9 Å². The molecule has 3 aromatic heterocycles. The molecule has 0 atom stereocenters. The van der Waals surface area contributed by atoms with Gasteiger partial charge >= 0.3 is 0 Å². The van der Waals surface area contributed by atoms with Crippen LogP contribution in [0.15, 0.2) is 58.1 Å². The number of hydrogen-bond acceptors (Lipinski definition) is 4. The fourth-order valence-electron chi connectivity index (χ4n) is 2.08. The van der Waals surface area contributed by atoms with Gasteiger partial charge in [-0.3, -0.25) is 9.20 Å². The van der Waals surface area contributed by atoms with Crippen molar-refractivity contribution in [2.75, 3.05) is 6.54 Å². The smallest absolute Gasteiger partial charge is 0.258 e. The molecule has 0 fully saturated rings. The summed E-state index contributed by atoms with van der Waals surface area (Å²) in [7, 11) is 0. The average molecular weight is 269 g/mol. The van der Waals surface area contributed by atoms with Gasteiger partial charge in [-0.2, -0.15) is 0 Å². The van der Waals surface area contributed by atoms with Gasteiger partial charge in [-0.05, 0) is 24.3 Å². The Morgan fingerprint density at radius 1 is 1.25 bits per heavy atom. The molecule has 0 aliphatic carbocycles. The fourth-order valence-corrected chi connectivity index (χ4v) is 2.08. The van der Waals surface area contributed by atoms with E-state index in [0.29, 0.717) is 12.2 Å². The van der Waals surface area contributed by atoms with E-state index in [-0.39, 0.29) is 5.56 Å². The van der Waals surface area contributed by atoms with Crippen molar-refractivity contribution in [1.29, 1.82) is 0 Å². The summed E-state index contributed by atoms with van der Waals surface area (Å²) in [6, 6.07) is 10.9. The molecule has 0 amide bonds. The van der Waals surface area contributed by atoms with Crippen molar-refractivity contribution < 1.29 is 4.42 Å². The number of hydrogen-bond donors (Lipinski definition) is 1. The summed E-state index contributed by atoms with van der Waals surface area (Å²) < 4.78 is 6.79. The third-order valence-corrected chi connectivity index (χ3v) is 3.06. The second-order valence-electron chi connectivity index (χ2n) is 4.52. The second kappa shape index (κ2) is 5.71. The van der Waals surface area contributed by atoms with E-state index in [9.17, 15) is 4.79 Å². The predicted octanol–water partition coefficient (Wildman–Crippen LogP) is 1.62. The molecule has 3 aromatic rings. The number of furan rings is 1. The number of fused-ring (bicyclic) bond motifs is 1. The first-order valence-electron chi connectivity index (χ1n) is 6.53. The number of nitrogens with zero attached hydrogens (tertiary/aromatic N) is 2. The van der Waals surface area contributed by atoms with Crippen molar-refractivity contribution in [1.82, 2.24) is 14.7 Å². The SMILES string of the molecule is O=c1cc(CNCCc2ccco2)nc2ccccn12. The quantitative estimate of drug-likeness (QED) is 0.715. The van der Waals surface area contributed by atoms with Crippen molar-refractivity contribution in [3.05, 3.63) is 70.7 Å². The van der Waals surface area contributed by atoms with Crippen LogP contribution in [0.3, 0.4) is 0 Å². The molecule has 0 saturated heterocycles. The molecule has 0 unspecified atom stereocenters. The van der Waals surface area contributed by atoms with Crippen LogP contribution in [0.2, 0.25) is 0 Å². The lowest BCUT2D eigenvalue weighted by Crippen LogP contribution is -2.21. The summed E-state index contributed by atoms with van der Waals surface area (Å²) in [5.74, 6) is 0.948. The minimum absolute atomic E-state index is 0.0570. The van der Waals surface area contributed by atoms with E-state index in [1.54, 1.807) is 18.5 Å². The lowest BCUT2D eigenvalue weighted by atomic mass is 10.3. The van der Waals surface area contributed by atoms with Crippen LogP contribution in [0.5, 0.6) is 0 Å². The van der Waals surface area contributed by atoms with E-state index < -0.39 is 0 Å². The zero-order chi connectivity index (χ0) is 13.8. The van der Waals surface area contributed by atoms with Gasteiger partial charge in [-0.1, -0.05) is 6.07 Å². The van der Waals surface area contributed by atoms with Crippen LogP contribution in [0.25, 0.3) is 5.65 Å². The topological polar surface area (TPSA) is 59.5 Å². The zero-order valence-corrected chi connectivity index (χ0v) is 11.0. The Morgan fingerprint density at radius 2 is 2.20 bits per heavy atom. The minimum atomic E-state index is -0.0570. The number of nitrogens with one attached hydrogen (secondary N) is 1. The van der Waals surface area contributed by atoms with Gasteiger partial charge < -0.3 is 9.73 Å². The van der Waals surface area contributed by atoms with Gasteiger partial charge in [0.1, 0.15) is 11.4 Å². The molecule has 0 aliphatic rings. The summed E-state index contributed by atoms with van der Waals surface area (Å²) in [4.78, 5) is 16.3. The van der Waals surface area contributed by atoms with Gasteiger partial charge in [-0.15, -0.1) is 0 Å². The largest absolute Gasteiger partial charge is 0.469 e. The summed E-state index contributed by atoms with van der Waals surface area (Å²) in [6.07, 6.45) is 4.21. The Balaban J connectivity index is 1.64. The third-order valence-electron chi connectivity index (χ3n) is 3.06. The van der Waals surface area contributed by atoms with E-state index in [4.69, 9.17) is 4.42 Å². The van der Waals surface area contributed by atoms with Gasteiger partial charge in [0.15, 0.2) is 0 Å². The Morgan fingerprint density at radius 3 is 3.05 bits per heavy atom. The van der Waals surface area contributed by atoms with Crippen LogP contribution in [0.4, 0.5) is 0 Å². The van der Waals surface area contributed by atoms with E-state index in [1.807, 2.05) is 30.3 Å². The molecule has 102 valence electrons. The van der Waals surface area contributed by atoms with Gasteiger partial charge in [0.25, 0.3) is 5.56 Å². The second-order valence-corrected chi connectivity index (χ2v) is 4.52. The van der Waals surface area contributed by atoms with Crippen molar-refractivity contribution in [3.8, 4) is 0 Å². The molecule has 3 rings (SSSR count). The Kier molecular flexibility index (Phi) is 3.60. The van der Waals surface area contributed by atoms with Crippen LogP contribution in [-0.4, -0.2) is 15.9 Å². The molecule has 5 heteroatoms. The molecule has 0 spiro atoms. The van der Waals surface area contributed by atoms with Crippen LogP contribution >= 0.6 is 0 Å². The average Bonchev–Trinajstić information content (AvgIpc) is 2.97. The van der Waals surface area contributed by atoms with E-state index >= 15 is 0 Å². The first-order chi connectivity index (χ1) is 9.83. The summed E-state index contributed by atoms with van der Waals surface area (Å²) in [5.41, 5.74) is 1.36. The molecule has 0 aromatic carbocycles. The van der Waals surface area contributed by atoms with Crippen molar-refractivity contribution in [3.63, 3.8) is 0 Å². The molecular formula is C15H15N3O2. The number of pyridine rings is 1. The highest BCUT2D eigenvalue weighted by atomic mass is 16.3. The highest BCUT2D eigenvalue weighted by Gasteiger charge is 2.01. The Bertz CT molecular complexity index is 747. The Hall–Kier alpha value is -2.40. The van der Waals surface area contributed by atoms with Gasteiger partial charge in [-0.25, -0.2) is 4.98 Å². The lowest BCUT2D eigenvalue weighted by molar-refractivity contribution is 0.498. The number of rotatable bonds is 5. The maximum absolute atomic E-state index is 11.9. The molecule has 3 heterocycles. The van der Waals surface area contributed by atoms with Crippen LogP contribution in [0, 0.1) is 0 Å². The Labute approximate surface area is 115 Å². The first kappa shape index (κ1) is 12.6. The summed E-state index contributed by atoms with van der Waals surface area (Å²) >= 11 is 0. The van der Waals surface area contributed by atoms with Crippen molar-refractivity contribution >= 4 is 5.65 Å². The van der Waals surface area contributed by atoms with Crippen LogP contribution in [0.1, 0.15) is 11.5 Å². The van der Waals surface area contributed by atoms with E-state index in [0.717, 1.165) is 24.4 Å². The standard InChI is InChI=1S/C15H15N3O2/c19-15-10-12(17-14-5-1-2-8-18(14)15)11-16-7-6-13-4-3-9-20-13/h1-5,8-10,16H,6-7,11H2. The lowest BCUT2D eigenvalue weighted by Gasteiger charge is -2.05. The zero-order valence-electron chi connectivity index (χ0n) is 11.0. The predicted molar refractivity (Wildman–Crippen MR) is 75.6 cm³/mol. The molecule has 0 radical (unpaired) electrons. The minimum Gasteiger partial charge on any atom is -0.469 e. The highest BCUT2D eigenvalue weighted by Crippen LogP contribution is 2.01. The molecular weight excluding hydrogens is 254 g/mol. The maximum Gasteiger partial charge on any atom is 0.258 e. The number of aromatic nitrogens is 2. The first-order valence-corrected chi connectivity index (χ1v) is 6.53. The normalized spacial score (nSPS) is 11.0. The van der Waals surface area contributed by atoms with Gasteiger partial charge in [0, 0.05) is 31.8 Å². The summed E-state index contributed by atoms with van der Waals surface area (Å²) in [5, 5.41) is 3.26. The maximum atomic E-state index is 11.9. The third kappa shape index (κ3) is 2.78. The van der Waals surface area contributed by atoms with Gasteiger partial charge in [0.2, 0.25) is 0 Å². The molecule has 5 nitrogen and oxygen atoms in total. The van der Waals surface area contributed by atoms with Crippen LogP contribution in [-0.2, 0) is 13.0 Å². The van der Waals surface area contributed by atoms with Crippen molar-refractivity contribution in [2.45, 2.75) is 13.0 Å². The van der Waals surface area contributed by atoms with Gasteiger partial charge in [0.05, 0.1) is 12.0 Å². The van der Waals surface area contributed by atoms with E-state index in [1.165, 1.54) is 4.40 Å². The summed E-state index contributed by atoms with van der Waals surface area (Å²) in [6.45, 7) is 1.35. The molecule has 0 saturated carbocycles. The monoisotopic (exact) mass is 269 g/mol. The van der Waals surface area contributed by atoms with Crippen molar-refractivity contribution in [2.24, 2.45) is 0 Å².